The Labute approximate surface area is 122 Å². The monoisotopic (exact) mass is 317 g/mol. The predicted molar refractivity (Wildman–Crippen MR) is 82.9 cm³/mol. The molecule has 1 amide bonds. The summed E-state index contributed by atoms with van der Waals surface area (Å²) in [6.45, 7) is 5.84. The van der Waals surface area contributed by atoms with Crippen LogP contribution < -0.4 is 16.8 Å². The predicted octanol–water partition coefficient (Wildman–Crippen LogP) is 1.60. The molecule has 0 aliphatic carbocycles. The summed E-state index contributed by atoms with van der Waals surface area (Å²) in [6, 6.07) is 0. The number of nitrogen functional groups attached to an aromatic ring is 1. The third-order valence-corrected chi connectivity index (χ3v) is 5.70. The second kappa shape index (κ2) is 6.27. The lowest BCUT2D eigenvalue weighted by Gasteiger charge is -2.06. The van der Waals surface area contributed by atoms with Gasteiger partial charge in [0.15, 0.2) is 9.84 Å². The van der Waals surface area contributed by atoms with Gasteiger partial charge >= 0.3 is 0 Å². The minimum atomic E-state index is -3.53. The molecular weight excluding hydrogens is 298 g/mol. The third kappa shape index (κ3) is 3.51. The van der Waals surface area contributed by atoms with Gasteiger partial charge < -0.3 is 16.8 Å². The van der Waals surface area contributed by atoms with Crippen LogP contribution in [-0.2, 0) is 9.84 Å². The highest BCUT2D eigenvalue weighted by molar-refractivity contribution is 7.91. The second-order valence-electron chi connectivity index (χ2n) is 4.43. The lowest BCUT2D eigenvalue weighted by molar-refractivity contribution is 0.100. The van der Waals surface area contributed by atoms with Gasteiger partial charge in [-0.3, -0.25) is 4.79 Å². The normalized spacial score (nSPS) is 11.2. The van der Waals surface area contributed by atoms with Crippen LogP contribution in [0.2, 0.25) is 0 Å². The largest absolute Gasteiger partial charge is 0.396 e. The van der Waals surface area contributed by atoms with Crippen LogP contribution in [-0.4, -0.2) is 26.6 Å². The van der Waals surface area contributed by atoms with Crippen LogP contribution in [0.3, 0.4) is 0 Å². The van der Waals surface area contributed by atoms with Crippen LogP contribution in [0.5, 0.6) is 0 Å². The van der Waals surface area contributed by atoms with Gasteiger partial charge in [-0.15, -0.1) is 11.3 Å². The summed E-state index contributed by atoms with van der Waals surface area (Å²) in [4.78, 5) is 11.3. The van der Waals surface area contributed by atoms with Gasteiger partial charge in [0.05, 0.1) is 11.4 Å². The van der Waals surface area contributed by atoms with E-state index in [0.717, 1.165) is 16.9 Å². The number of nitrogens with two attached hydrogens (primary N) is 2. The van der Waals surface area contributed by atoms with Gasteiger partial charge in [0, 0.05) is 6.54 Å². The number of sulfone groups is 1. The van der Waals surface area contributed by atoms with Gasteiger partial charge in [-0.2, -0.15) is 0 Å². The highest BCUT2D eigenvalue weighted by atomic mass is 32.2. The van der Waals surface area contributed by atoms with Crippen molar-refractivity contribution in [3.63, 3.8) is 0 Å². The van der Waals surface area contributed by atoms with Gasteiger partial charge in [-0.1, -0.05) is 18.6 Å². The van der Waals surface area contributed by atoms with E-state index in [1.807, 2.05) is 19.9 Å². The zero-order valence-corrected chi connectivity index (χ0v) is 13.3. The van der Waals surface area contributed by atoms with Crippen LogP contribution in [0.15, 0.2) is 16.5 Å². The fourth-order valence-electron chi connectivity index (χ4n) is 1.53. The fourth-order valence-corrected chi connectivity index (χ4v) is 4.05. The number of nitrogens with one attached hydrogen (secondary N) is 1. The molecule has 0 radical (unpaired) electrons. The molecule has 0 unspecified atom stereocenters. The number of hydrogen-bond acceptors (Lipinski definition) is 6. The van der Waals surface area contributed by atoms with Gasteiger partial charge in [0.2, 0.25) is 0 Å². The molecule has 0 saturated heterocycles. The summed E-state index contributed by atoms with van der Waals surface area (Å²) in [5.41, 5.74) is 12.0. The van der Waals surface area contributed by atoms with Gasteiger partial charge in [0.1, 0.15) is 14.8 Å². The molecule has 1 aromatic rings. The van der Waals surface area contributed by atoms with Crippen molar-refractivity contribution >= 4 is 37.8 Å². The molecule has 1 aromatic heterocycles. The van der Waals surface area contributed by atoms with Crippen molar-refractivity contribution in [1.82, 2.24) is 0 Å². The molecule has 20 heavy (non-hydrogen) atoms. The van der Waals surface area contributed by atoms with Crippen LogP contribution in [0.25, 0.3) is 0 Å². The Morgan fingerprint density at radius 1 is 1.40 bits per heavy atom. The topological polar surface area (TPSA) is 115 Å². The maximum absolute atomic E-state index is 12.1. The van der Waals surface area contributed by atoms with Crippen LogP contribution >= 0.6 is 11.3 Å². The van der Waals surface area contributed by atoms with E-state index < -0.39 is 15.7 Å². The lowest BCUT2D eigenvalue weighted by atomic mass is 10.3. The van der Waals surface area contributed by atoms with Crippen molar-refractivity contribution in [3.05, 3.63) is 16.5 Å². The average molecular weight is 317 g/mol. The Kier molecular flexibility index (Phi) is 5.18. The minimum Gasteiger partial charge on any atom is -0.396 e. The van der Waals surface area contributed by atoms with E-state index in [1.165, 1.54) is 6.92 Å². The summed E-state index contributed by atoms with van der Waals surface area (Å²) in [6.07, 6.45) is 1.90. The third-order valence-electron chi connectivity index (χ3n) is 2.59. The van der Waals surface area contributed by atoms with Crippen LogP contribution in [0.4, 0.5) is 10.7 Å². The van der Waals surface area contributed by atoms with Crippen molar-refractivity contribution in [1.29, 1.82) is 0 Å². The summed E-state index contributed by atoms with van der Waals surface area (Å²) in [7, 11) is -3.53. The number of allylic oxidation sites excluding steroid dienone is 1. The second-order valence-corrected chi connectivity index (χ2v) is 7.67. The number of thiophene rings is 1. The zero-order valence-electron chi connectivity index (χ0n) is 11.7. The highest BCUT2D eigenvalue weighted by Crippen LogP contribution is 2.39. The van der Waals surface area contributed by atoms with Gasteiger partial charge in [0.25, 0.3) is 5.91 Å². The van der Waals surface area contributed by atoms with Crippen molar-refractivity contribution in [2.75, 3.05) is 23.3 Å². The maximum atomic E-state index is 12.1. The van der Waals surface area contributed by atoms with Crippen LogP contribution in [0.1, 0.15) is 30.4 Å². The Morgan fingerprint density at radius 2 is 2.00 bits per heavy atom. The quantitative estimate of drug-likeness (QED) is 0.689. The van der Waals surface area contributed by atoms with Crippen molar-refractivity contribution in [3.8, 4) is 0 Å². The molecule has 112 valence electrons. The summed E-state index contributed by atoms with van der Waals surface area (Å²) in [5, 5.41) is 3.33. The smallest absolute Gasteiger partial charge is 0.261 e. The maximum Gasteiger partial charge on any atom is 0.261 e. The molecule has 0 aromatic carbocycles. The van der Waals surface area contributed by atoms with E-state index >= 15 is 0 Å². The lowest BCUT2D eigenvalue weighted by Crippen LogP contribution is -2.13. The van der Waals surface area contributed by atoms with E-state index in [9.17, 15) is 13.2 Å². The van der Waals surface area contributed by atoms with E-state index in [0.29, 0.717) is 11.5 Å². The Hall–Kier alpha value is -1.54. The first-order valence-corrected chi connectivity index (χ1v) is 8.49. The number of anilines is 2. The molecule has 1 rings (SSSR count). The molecule has 0 atom stereocenters. The number of carbonyl (C=O) groups excluding carboxylic acids is 1. The SMILES string of the molecule is CCS(=O)(=O)c1c(NCC=C(C)C)sc(C(N)=O)c1N. The van der Waals surface area contributed by atoms with Crippen molar-refractivity contribution in [2.24, 2.45) is 5.73 Å². The molecule has 1 heterocycles. The molecule has 0 bridgehead atoms. The minimum absolute atomic E-state index is 0.0269. The standard InChI is InChI=1S/C12H19N3O3S2/c1-4-20(17,18)10-8(13)9(11(14)16)19-12(10)15-6-5-7(2)3/h5,15H,4,6,13H2,1-3H3,(H2,14,16). The van der Waals surface area contributed by atoms with Crippen LogP contribution in [0, 0.1) is 0 Å². The number of amides is 1. The molecule has 0 saturated carbocycles. The molecule has 6 nitrogen and oxygen atoms in total. The Bertz CT molecular complexity index is 641. The first kappa shape index (κ1) is 16.5. The number of primary amides is 1. The summed E-state index contributed by atoms with van der Waals surface area (Å²) in [5.74, 6) is -0.820. The Morgan fingerprint density at radius 3 is 2.45 bits per heavy atom. The van der Waals surface area contributed by atoms with Gasteiger partial charge in [-0.25, -0.2) is 8.42 Å². The molecule has 0 spiro atoms. The molecule has 5 N–H and O–H groups in total. The number of rotatable bonds is 6. The van der Waals surface area contributed by atoms with E-state index in [2.05, 4.69) is 5.32 Å². The molecule has 0 aliphatic rings. The molecule has 0 fully saturated rings. The van der Waals surface area contributed by atoms with E-state index in [4.69, 9.17) is 11.5 Å². The fraction of sp³-hybridized carbons (Fsp3) is 0.417. The van der Waals surface area contributed by atoms with Crippen molar-refractivity contribution in [2.45, 2.75) is 25.7 Å². The van der Waals surface area contributed by atoms with E-state index in [1.54, 1.807) is 0 Å². The Balaban J connectivity index is 3.32. The van der Waals surface area contributed by atoms with E-state index in [-0.39, 0.29) is 21.2 Å². The molecule has 8 heteroatoms. The van der Waals surface area contributed by atoms with Crippen molar-refractivity contribution < 1.29 is 13.2 Å². The average Bonchev–Trinajstić information content (AvgIpc) is 2.66. The summed E-state index contributed by atoms with van der Waals surface area (Å²) >= 11 is 0.969. The number of carbonyl (C=O) groups is 1. The van der Waals surface area contributed by atoms with Gasteiger partial charge in [-0.05, 0) is 13.8 Å². The first-order valence-electron chi connectivity index (χ1n) is 6.02. The first-order chi connectivity index (χ1) is 9.20. The summed E-state index contributed by atoms with van der Waals surface area (Å²) < 4.78 is 24.2. The highest BCUT2D eigenvalue weighted by Gasteiger charge is 2.27. The molecule has 0 aliphatic heterocycles. The number of hydrogen-bond donors (Lipinski definition) is 3. The zero-order chi connectivity index (χ0) is 15.5. The molecular formula is C12H19N3O3S2.